The minimum absolute atomic E-state index is 0.0483. The number of hydrogen-bond donors (Lipinski definition) is 3. The number of nitro benzene ring substituents is 1. The van der Waals surface area contributed by atoms with Crippen LogP contribution in [0.15, 0.2) is 128 Å². The number of pyridine rings is 1. The normalized spacial score (nSPS) is 10.4. The van der Waals surface area contributed by atoms with Gasteiger partial charge in [-0.1, -0.05) is 23.7 Å². The van der Waals surface area contributed by atoms with Crippen molar-refractivity contribution in [2.75, 3.05) is 20.0 Å². The molecule has 3 heterocycles. The van der Waals surface area contributed by atoms with E-state index in [-0.39, 0.29) is 5.69 Å². The van der Waals surface area contributed by atoms with Gasteiger partial charge in [0.25, 0.3) is 5.69 Å². The number of non-ortho nitro benzene ring substituents is 1. The monoisotopic (exact) mass is 726 g/mol. The second-order valence-electron chi connectivity index (χ2n) is 11.2. The Morgan fingerprint density at radius 2 is 1.26 bits per heavy atom. The van der Waals surface area contributed by atoms with E-state index >= 15 is 0 Å². The number of benzene rings is 5. The summed E-state index contributed by atoms with van der Waals surface area (Å²) < 4.78 is 21.9. The molecule has 8 rings (SSSR count). The molecule has 0 unspecified atom stereocenters. The van der Waals surface area contributed by atoms with E-state index in [1.807, 2.05) is 91.3 Å². The highest BCUT2D eigenvalue weighted by molar-refractivity contribution is 6.36. The summed E-state index contributed by atoms with van der Waals surface area (Å²) in [6.07, 6.45) is 5.18. The number of rotatable bonds is 7. The van der Waals surface area contributed by atoms with E-state index in [1.165, 1.54) is 18.3 Å². The fourth-order valence-electron chi connectivity index (χ4n) is 5.28. The SMILES string of the molecule is COc1cc2ncc(C#N)c(Cl)c2cc1OC.Nc1ccc(Oc2cccc3[nH]ccc23)cc1.O=[N+]([O-])c1ccc(Oc2cccc3[nH]ccc23)cc1. The lowest BCUT2D eigenvalue weighted by atomic mass is 10.1. The van der Waals surface area contributed by atoms with Gasteiger partial charge in [-0.2, -0.15) is 5.26 Å². The molecule has 8 aromatic rings. The molecule has 3 aromatic heterocycles. The van der Waals surface area contributed by atoms with Crippen LogP contribution in [0.25, 0.3) is 32.7 Å². The minimum atomic E-state index is -0.434. The molecule has 0 fully saturated rings. The zero-order valence-corrected chi connectivity index (χ0v) is 29.1. The molecule has 0 saturated heterocycles. The number of aromatic nitrogens is 3. The number of aromatic amines is 2. The van der Waals surface area contributed by atoms with Gasteiger partial charge in [-0.25, -0.2) is 0 Å². The van der Waals surface area contributed by atoms with Crippen molar-refractivity contribution in [3.8, 4) is 40.6 Å². The smallest absolute Gasteiger partial charge is 0.269 e. The van der Waals surface area contributed by atoms with Crippen molar-refractivity contribution in [3.63, 3.8) is 0 Å². The number of hydrogen-bond acceptors (Lipinski definition) is 9. The molecule has 5 aromatic carbocycles. The molecule has 0 atom stereocenters. The lowest BCUT2D eigenvalue weighted by molar-refractivity contribution is -0.384. The van der Waals surface area contributed by atoms with Crippen LogP contribution in [0.3, 0.4) is 0 Å². The van der Waals surface area contributed by atoms with Crippen molar-refractivity contribution < 1.29 is 23.9 Å². The maximum Gasteiger partial charge on any atom is 0.269 e. The molecule has 53 heavy (non-hydrogen) atoms. The first-order chi connectivity index (χ1) is 25.8. The number of nitrogens with one attached hydrogen (secondary N) is 2. The third kappa shape index (κ3) is 8.23. The van der Waals surface area contributed by atoms with Gasteiger partial charge in [-0.15, -0.1) is 0 Å². The molecule has 0 aliphatic carbocycles. The van der Waals surface area contributed by atoms with Crippen LogP contribution in [0.4, 0.5) is 11.4 Å². The van der Waals surface area contributed by atoms with Crippen LogP contribution in [-0.4, -0.2) is 34.1 Å². The molecule has 4 N–H and O–H groups in total. The van der Waals surface area contributed by atoms with E-state index in [1.54, 1.807) is 38.5 Å². The van der Waals surface area contributed by atoms with Crippen molar-refractivity contribution in [1.82, 2.24) is 15.0 Å². The molecule has 13 heteroatoms. The second kappa shape index (κ2) is 16.2. The number of nitrogens with zero attached hydrogens (tertiary/aromatic N) is 3. The molecule has 0 saturated carbocycles. The largest absolute Gasteiger partial charge is 0.493 e. The summed E-state index contributed by atoms with van der Waals surface area (Å²) in [6.45, 7) is 0. The highest BCUT2D eigenvalue weighted by Gasteiger charge is 2.12. The first kappa shape index (κ1) is 35.6. The Morgan fingerprint density at radius 1 is 0.736 bits per heavy atom. The third-order valence-electron chi connectivity index (χ3n) is 7.92. The summed E-state index contributed by atoms with van der Waals surface area (Å²) in [4.78, 5) is 20.5. The molecule has 0 bridgehead atoms. The van der Waals surface area contributed by atoms with Crippen LogP contribution < -0.4 is 24.7 Å². The van der Waals surface area contributed by atoms with Gasteiger partial charge in [-0.3, -0.25) is 15.1 Å². The molecule has 0 radical (unpaired) electrons. The number of nitrogen functional groups attached to an aromatic ring is 1. The summed E-state index contributed by atoms with van der Waals surface area (Å²) in [6, 6.07) is 34.4. The van der Waals surface area contributed by atoms with Gasteiger partial charge in [0.2, 0.25) is 0 Å². The van der Waals surface area contributed by atoms with Crippen LogP contribution in [-0.2, 0) is 0 Å². The topological polar surface area (TPSA) is 174 Å². The van der Waals surface area contributed by atoms with Crippen molar-refractivity contribution in [2.45, 2.75) is 0 Å². The average molecular weight is 727 g/mol. The number of halogens is 1. The number of nitriles is 1. The van der Waals surface area contributed by atoms with Gasteiger partial charge in [0.05, 0.1) is 35.2 Å². The Morgan fingerprint density at radius 3 is 1.77 bits per heavy atom. The molecular formula is C40H31ClN6O6. The Bertz CT molecular complexity index is 2560. The van der Waals surface area contributed by atoms with E-state index in [4.69, 9.17) is 41.5 Å². The number of methoxy groups -OCH3 is 2. The number of anilines is 1. The van der Waals surface area contributed by atoms with Gasteiger partial charge in [-0.05, 0) is 78.9 Å². The average Bonchev–Trinajstić information content (AvgIpc) is 3.88. The van der Waals surface area contributed by atoms with Crippen LogP contribution >= 0.6 is 11.6 Å². The van der Waals surface area contributed by atoms with Gasteiger partial charge in [0.1, 0.15) is 29.1 Å². The number of nitro groups is 1. The van der Waals surface area contributed by atoms with E-state index in [0.29, 0.717) is 44.5 Å². The van der Waals surface area contributed by atoms with Crippen molar-refractivity contribution >= 4 is 55.7 Å². The maximum absolute atomic E-state index is 10.6. The third-order valence-corrected chi connectivity index (χ3v) is 8.33. The zero-order valence-electron chi connectivity index (χ0n) is 28.4. The summed E-state index contributed by atoms with van der Waals surface area (Å²) in [5, 5.41) is 22.5. The van der Waals surface area contributed by atoms with Gasteiger partial charge in [0, 0.05) is 69.7 Å². The van der Waals surface area contributed by atoms with E-state index in [9.17, 15) is 10.1 Å². The molecule has 0 aliphatic rings. The Labute approximate surface area is 308 Å². The molecule has 0 amide bonds. The highest BCUT2D eigenvalue weighted by atomic mass is 35.5. The summed E-state index contributed by atoms with van der Waals surface area (Å²) in [7, 11) is 3.09. The quantitative estimate of drug-likeness (QED) is 0.0820. The fourth-order valence-corrected chi connectivity index (χ4v) is 5.52. The first-order valence-corrected chi connectivity index (χ1v) is 16.3. The minimum Gasteiger partial charge on any atom is -0.493 e. The Hall–Kier alpha value is -7.23. The van der Waals surface area contributed by atoms with Gasteiger partial charge < -0.3 is 34.6 Å². The number of H-pyrrole nitrogens is 2. The van der Waals surface area contributed by atoms with Gasteiger partial charge >= 0.3 is 0 Å². The Kier molecular flexibility index (Phi) is 10.9. The molecular weight excluding hydrogens is 696 g/mol. The molecule has 0 aliphatic heterocycles. The van der Waals surface area contributed by atoms with E-state index < -0.39 is 4.92 Å². The molecule has 0 spiro atoms. The lowest BCUT2D eigenvalue weighted by Gasteiger charge is -2.09. The zero-order chi connectivity index (χ0) is 37.3. The molecule has 12 nitrogen and oxygen atoms in total. The standard InChI is InChI=1S/C14H10N2O3.C14H12N2O.C12H9ClN2O2/c17-16(18)10-4-6-11(7-5-10)19-14-3-1-2-13-12(14)8-9-15-13;15-10-4-6-11(7-5-10)17-14-3-1-2-13-12(14)8-9-16-13;1-16-10-3-8-9(4-11(10)17-2)15-6-7(5-14)12(8)13/h1-9,15H;1-9,16H,15H2;3-4,6H,1-2H3. The van der Waals surface area contributed by atoms with Crippen LogP contribution in [0.2, 0.25) is 5.02 Å². The lowest BCUT2D eigenvalue weighted by Crippen LogP contribution is -1.92. The van der Waals surface area contributed by atoms with Crippen molar-refractivity contribution in [2.24, 2.45) is 0 Å². The number of ether oxygens (including phenoxy) is 4. The van der Waals surface area contributed by atoms with Gasteiger partial charge in [0.15, 0.2) is 11.5 Å². The van der Waals surface area contributed by atoms with Crippen molar-refractivity contribution in [1.29, 1.82) is 5.26 Å². The van der Waals surface area contributed by atoms with Crippen LogP contribution in [0, 0.1) is 21.4 Å². The van der Waals surface area contributed by atoms with Crippen LogP contribution in [0.5, 0.6) is 34.5 Å². The maximum atomic E-state index is 10.6. The summed E-state index contributed by atoms with van der Waals surface area (Å²) >= 11 is 6.11. The highest BCUT2D eigenvalue weighted by Crippen LogP contribution is 2.36. The first-order valence-electron chi connectivity index (χ1n) is 16.0. The van der Waals surface area contributed by atoms with Crippen molar-refractivity contribution in [3.05, 3.63) is 148 Å². The summed E-state index contributed by atoms with van der Waals surface area (Å²) in [5.74, 6) is 4.04. The second-order valence-corrected chi connectivity index (χ2v) is 11.6. The van der Waals surface area contributed by atoms with E-state index in [2.05, 4.69) is 15.0 Å². The number of nitrogens with two attached hydrogens (primary N) is 1. The predicted molar refractivity (Wildman–Crippen MR) is 205 cm³/mol. The fraction of sp³-hybridized carbons (Fsp3) is 0.0500. The number of fused-ring (bicyclic) bond motifs is 3. The van der Waals surface area contributed by atoms with E-state index in [0.717, 1.165) is 39.0 Å². The predicted octanol–water partition coefficient (Wildman–Crippen LogP) is 10.2. The summed E-state index contributed by atoms with van der Waals surface area (Å²) in [5.41, 5.74) is 9.47. The Balaban J connectivity index is 0.000000136. The van der Waals surface area contributed by atoms with Crippen LogP contribution in [0.1, 0.15) is 5.56 Å². The molecule has 264 valence electrons.